The number of nitrogens with one attached hydrogen (secondary N) is 1. The van der Waals surface area contributed by atoms with Crippen molar-refractivity contribution in [2.75, 3.05) is 6.54 Å². The summed E-state index contributed by atoms with van der Waals surface area (Å²) in [5, 5.41) is 3.63. The van der Waals surface area contributed by atoms with E-state index in [1.54, 1.807) is 4.90 Å². The highest BCUT2D eigenvalue weighted by molar-refractivity contribution is 6.30. The molecule has 156 valence electrons. The van der Waals surface area contributed by atoms with Gasteiger partial charge in [-0.1, -0.05) is 73.8 Å². The zero-order valence-corrected chi connectivity index (χ0v) is 18.3. The number of aryl methyl sites for hydroxylation is 1. The molecule has 0 fully saturated rings. The largest absolute Gasteiger partial charge is 0.354 e. The molecule has 0 spiro atoms. The molecule has 0 heterocycles. The molecule has 4 nitrogen and oxygen atoms in total. The standard InChI is InChI=1S/C24H31ClN2O2/c1-4-6-15-26-24(29)22(5-2)27(17-20-11-13-21(25)14-12-20)23(28)16-19-9-7-18(3)8-10-19/h7-14,22H,4-6,15-17H2,1-3H3,(H,26,29)/t22-/m0/s1. The van der Waals surface area contributed by atoms with Gasteiger partial charge < -0.3 is 10.2 Å². The molecule has 1 N–H and O–H groups in total. The summed E-state index contributed by atoms with van der Waals surface area (Å²) >= 11 is 6.00. The molecule has 0 bridgehead atoms. The third kappa shape index (κ3) is 7.21. The number of amides is 2. The Bertz CT molecular complexity index is 788. The summed E-state index contributed by atoms with van der Waals surface area (Å²) < 4.78 is 0. The zero-order chi connectivity index (χ0) is 21.2. The van der Waals surface area contributed by atoms with Gasteiger partial charge in [-0.05, 0) is 43.0 Å². The molecule has 29 heavy (non-hydrogen) atoms. The topological polar surface area (TPSA) is 49.4 Å². The molecule has 0 aromatic heterocycles. The van der Waals surface area contributed by atoms with Crippen molar-refractivity contribution in [1.82, 2.24) is 10.2 Å². The fraction of sp³-hybridized carbons (Fsp3) is 0.417. The van der Waals surface area contributed by atoms with Gasteiger partial charge in [0.05, 0.1) is 6.42 Å². The van der Waals surface area contributed by atoms with Crippen LogP contribution in [0.15, 0.2) is 48.5 Å². The SMILES string of the molecule is CCCCNC(=O)[C@H](CC)N(Cc1ccc(Cl)cc1)C(=O)Cc1ccc(C)cc1. The van der Waals surface area contributed by atoms with Crippen molar-refractivity contribution >= 4 is 23.4 Å². The third-order valence-electron chi connectivity index (χ3n) is 4.96. The fourth-order valence-electron chi connectivity index (χ4n) is 3.19. The summed E-state index contributed by atoms with van der Waals surface area (Å²) in [6, 6.07) is 14.9. The number of benzene rings is 2. The van der Waals surface area contributed by atoms with E-state index in [1.165, 1.54) is 0 Å². The third-order valence-corrected chi connectivity index (χ3v) is 5.21. The first kappa shape index (κ1) is 23.0. The highest BCUT2D eigenvalue weighted by atomic mass is 35.5. The number of hydrogen-bond acceptors (Lipinski definition) is 2. The fourth-order valence-corrected chi connectivity index (χ4v) is 3.32. The normalized spacial score (nSPS) is 11.7. The van der Waals surface area contributed by atoms with Crippen molar-refractivity contribution in [3.63, 3.8) is 0 Å². The first-order valence-electron chi connectivity index (χ1n) is 10.3. The number of rotatable bonds is 10. The number of halogens is 1. The Kier molecular flexibility index (Phi) is 9.20. The highest BCUT2D eigenvalue weighted by Gasteiger charge is 2.28. The van der Waals surface area contributed by atoms with E-state index in [0.717, 1.165) is 29.5 Å². The minimum Gasteiger partial charge on any atom is -0.354 e. The van der Waals surface area contributed by atoms with Gasteiger partial charge in [-0.2, -0.15) is 0 Å². The number of carbonyl (C=O) groups is 2. The van der Waals surface area contributed by atoms with E-state index >= 15 is 0 Å². The molecule has 0 aliphatic carbocycles. The maximum atomic E-state index is 13.2. The Morgan fingerprint density at radius 3 is 2.21 bits per heavy atom. The van der Waals surface area contributed by atoms with Gasteiger partial charge in [-0.3, -0.25) is 9.59 Å². The number of nitrogens with zero attached hydrogens (tertiary/aromatic N) is 1. The van der Waals surface area contributed by atoms with Crippen LogP contribution in [0.1, 0.15) is 49.8 Å². The Morgan fingerprint density at radius 2 is 1.62 bits per heavy atom. The van der Waals surface area contributed by atoms with Gasteiger partial charge in [0.2, 0.25) is 11.8 Å². The van der Waals surface area contributed by atoms with Crippen molar-refractivity contribution in [2.45, 2.75) is 59.0 Å². The van der Waals surface area contributed by atoms with E-state index in [-0.39, 0.29) is 18.2 Å². The summed E-state index contributed by atoms with van der Waals surface area (Å²) in [5.74, 6) is -0.145. The predicted molar refractivity (Wildman–Crippen MR) is 119 cm³/mol. The average Bonchev–Trinajstić information content (AvgIpc) is 2.71. The molecule has 0 radical (unpaired) electrons. The monoisotopic (exact) mass is 414 g/mol. The van der Waals surface area contributed by atoms with Crippen LogP contribution < -0.4 is 5.32 Å². The van der Waals surface area contributed by atoms with E-state index in [4.69, 9.17) is 11.6 Å². The maximum absolute atomic E-state index is 13.2. The molecular weight excluding hydrogens is 384 g/mol. The molecule has 2 amide bonds. The number of hydrogen-bond donors (Lipinski definition) is 1. The van der Waals surface area contributed by atoms with Crippen LogP contribution in [0.2, 0.25) is 5.02 Å². The van der Waals surface area contributed by atoms with E-state index < -0.39 is 6.04 Å². The van der Waals surface area contributed by atoms with Crippen LogP contribution >= 0.6 is 11.6 Å². The second kappa shape index (κ2) is 11.6. The molecule has 0 aliphatic rings. The number of unbranched alkanes of at least 4 members (excludes halogenated alkanes) is 1. The smallest absolute Gasteiger partial charge is 0.242 e. The average molecular weight is 415 g/mol. The van der Waals surface area contributed by atoms with Gasteiger partial charge in [0, 0.05) is 18.1 Å². The molecule has 5 heteroatoms. The lowest BCUT2D eigenvalue weighted by Gasteiger charge is -2.31. The van der Waals surface area contributed by atoms with E-state index in [0.29, 0.717) is 24.5 Å². The van der Waals surface area contributed by atoms with Gasteiger partial charge in [0.25, 0.3) is 0 Å². The molecule has 1 atom stereocenters. The van der Waals surface area contributed by atoms with Gasteiger partial charge >= 0.3 is 0 Å². The molecule has 0 saturated heterocycles. The zero-order valence-electron chi connectivity index (χ0n) is 17.6. The van der Waals surface area contributed by atoms with Gasteiger partial charge in [0.1, 0.15) is 6.04 Å². The van der Waals surface area contributed by atoms with Crippen LogP contribution in [0.4, 0.5) is 0 Å². The van der Waals surface area contributed by atoms with Crippen molar-refractivity contribution in [1.29, 1.82) is 0 Å². The predicted octanol–water partition coefficient (Wildman–Crippen LogP) is 4.91. The lowest BCUT2D eigenvalue weighted by molar-refractivity contribution is -0.140. The van der Waals surface area contributed by atoms with Crippen LogP contribution in [0.25, 0.3) is 0 Å². The lowest BCUT2D eigenvalue weighted by atomic mass is 10.1. The highest BCUT2D eigenvalue weighted by Crippen LogP contribution is 2.17. The van der Waals surface area contributed by atoms with Crippen LogP contribution in [-0.2, 0) is 22.6 Å². The maximum Gasteiger partial charge on any atom is 0.242 e. The Balaban J connectivity index is 2.22. The van der Waals surface area contributed by atoms with Crippen LogP contribution in [0.3, 0.4) is 0 Å². The second-order valence-corrected chi connectivity index (χ2v) is 7.82. The number of carbonyl (C=O) groups excluding carboxylic acids is 2. The Hall–Kier alpha value is -2.33. The Morgan fingerprint density at radius 1 is 1.00 bits per heavy atom. The molecule has 0 saturated carbocycles. The molecular formula is C24H31ClN2O2. The van der Waals surface area contributed by atoms with Crippen molar-refractivity contribution in [3.8, 4) is 0 Å². The van der Waals surface area contributed by atoms with E-state index in [9.17, 15) is 9.59 Å². The first-order valence-corrected chi connectivity index (χ1v) is 10.7. The first-order chi connectivity index (χ1) is 13.9. The quantitative estimate of drug-likeness (QED) is 0.561. The van der Waals surface area contributed by atoms with Crippen molar-refractivity contribution in [2.24, 2.45) is 0 Å². The molecule has 2 aromatic rings. The lowest BCUT2D eigenvalue weighted by Crippen LogP contribution is -2.49. The van der Waals surface area contributed by atoms with Crippen LogP contribution in [-0.4, -0.2) is 29.3 Å². The minimum atomic E-state index is -0.500. The molecule has 0 aliphatic heterocycles. The summed E-state index contributed by atoms with van der Waals surface area (Å²) in [6.07, 6.45) is 2.77. The van der Waals surface area contributed by atoms with Gasteiger partial charge in [0.15, 0.2) is 0 Å². The summed E-state index contributed by atoms with van der Waals surface area (Å²) in [4.78, 5) is 27.7. The molecule has 0 unspecified atom stereocenters. The minimum absolute atomic E-state index is 0.0544. The summed E-state index contributed by atoms with van der Waals surface area (Å²) in [7, 11) is 0. The van der Waals surface area contributed by atoms with Gasteiger partial charge in [-0.25, -0.2) is 0 Å². The summed E-state index contributed by atoms with van der Waals surface area (Å²) in [6.45, 7) is 7.06. The van der Waals surface area contributed by atoms with Crippen LogP contribution in [0, 0.1) is 6.92 Å². The summed E-state index contributed by atoms with van der Waals surface area (Å²) in [5.41, 5.74) is 3.05. The van der Waals surface area contributed by atoms with E-state index in [1.807, 2.05) is 62.4 Å². The van der Waals surface area contributed by atoms with Crippen molar-refractivity contribution < 1.29 is 9.59 Å². The van der Waals surface area contributed by atoms with Gasteiger partial charge in [-0.15, -0.1) is 0 Å². The molecule has 2 aromatic carbocycles. The molecule has 2 rings (SSSR count). The van der Waals surface area contributed by atoms with Crippen molar-refractivity contribution in [3.05, 3.63) is 70.2 Å². The van der Waals surface area contributed by atoms with Crippen LogP contribution in [0.5, 0.6) is 0 Å². The Labute approximate surface area is 179 Å². The van der Waals surface area contributed by atoms with E-state index in [2.05, 4.69) is 12.2 Å². The second-order valence-electron chi connectivity index (χ2n) is 7.38.